The second-order valence-corrected chi connectivity index (χ2v) is 4.38. The second kappa shape index (κ2) is 4.14. The number of imidazole rings is 1. The molecule has 0 atom stereocenters. The number of aromatic nitrogens is 3. The Morgan fingerprint density at radius 1 is 1.00 bits per heavy atom. The number of fused-ring (bicyclic) bond motifs is 1. The van der Waals surface area contributed by atoms with Crippen LogP contribution in [0.2, 0.25) is 0 Å². The molecule has 0 aliphatic carbocycles. The third kappa shape index (κ3) is 1.82. The predicted molar refractivity (Wildman–Crippen MR) is 72.8 cm³/mol. The average molecular weight is 238 g/mol. The molecule has 2 aromatic heterocycles. The Labute approximate surface area is 106 Å². The molecule has 3 rings (SSSR count). The van der Waals surface area contributed by atoms with Crippen molar-refractivity contribution in [3.8, 4) is 11.3 Å². The summed E-state index contributed by atoms with van der Waals surface area (Å²) in [6, 6.07) is 12.1. The highest BCUT2D eigenvalue weighted by atomic mass is 15.2. The van der Waals surface area contributed by atoms with Gasteiger partial charge in [-0.15, -0.1) is 0 Å². The molecule has 0 aliphatic rings. The van der Waals surface area contributed by atoms with Crippen LogP contribution in [0.4, 0.5) is 5.82 Å². The number of rotatable bonds is 2. The van der Waals surface area contributed by atoms with Gasteiger partial charge in [0.15, 0.2) is 0 Å². The van der Waals surface area contributed by atoms with Gasteiger partial charge in [0.1, 0.15) is 5.82 Å². The lowest BCUT2D eigenvalue weighted by atomic mass is 10.2. The molecule has 0 N–H and O–H groups in total. The third-order valence-corrected chi connectivity index (χ3v) is 2.84. The first-order valence-corrected chi connectivity index (χ1v) is 5.82. The van der Waals surface area contributed by atoms with Gasteiger partial charge in [-0.25, -0.2) is 4.98 Å². The largest absolute Gasteiger partial charge is 0.363 e. The van der Waals surface area contributed by atoms with Gasteiger partial charge in [-0.05, 0) is 6.07 Å². The first-order valence-electron chi connectivity index (χ1n) is 5.82. The molecule has 0 fully saturated rings. The van der Waals surface area contributed by atoms with Crippen molar-refractivity contribution in [1.29, 1.82) is 0 Å². The fraction of sp³-hybridized carbons (Fsp3) is 0.143. The Balaban J connectivity index is 2.11. The zero-order valence-electron chi connectivity index (χ0n) is 10.4. The number of nitrogens with zero attached hydrogens (tertiary/aromatic N) is 4. The van der Waals surface area contributed by atoms with Crippen molar-refractivity contribution in [2.45, 2.75) is 0 Å². The normalized spacial score (nSPS) is 10.8. The lowest BCUT2D eigenvalue weighted by Crippen LogP contribution is -2.10. The molecule has 90 valence electrons. The van der Waals surface area contributed by atoms with Crippen LogP contribution in [0.25, 0.3) is 17.0 Å². The molecular formula is C14H14N4. The lowest BCUT2D eigenvalue weighted by Gasteiger charge is -2.09. The van der Waals surface area contributed by atoms with E-state index in [4.69, 9.17) is 0 Å². The second-order valence-electron chi connectivity index (χ2n) is 4.38. The van der Waals surface area contributed by atoms with Crippen LogP contribution in [0.15, 0.2) is 48.8 Å². The summed E-state index contributed by atoms with van der Waals surface area (Å²) < 4.78 is 1.94. The Kier molecular flexibility index (Phi) is 2.48. The van der Waals surface area contributed by atoms with Gasteiger partial charge in [0.05, 0.1) is 5.69 Å². The first-order chi connectivity index (χ1) is 8.74. The maximum Gasteiger partial charge on any atom is 0.236 e. The molecule has 4 nitrogen and oxygen atoms in total. The molecule has 0 radical (unpaired) electrons. The van der Waals surface area contributed by atoms with E-state index in [9.17, 15) is 0 Å². The van der Waals surface area contributed by atoms with E-state index in [-0.39, 0.29) is 0 Å². The van der Waals surface area contributed by atoms with E-state index in [1.165, 1.54) is 0 Å². The highest BCUT2D eigenvalue weighted by Crippen LogP contribution is 2.19. The van der Waals surface area contributed by atoms with Crippen LogP contribution >= 0.6 is 0 Å². The zero-order valence-corrected chi connectivity index (χ0v) is 10.4. The Morgan fingerprint density at radius 2 is 1.78 bits per heavy atom. The predicted octanol–water partition coefficient (Wildman–Crippen LogP) is 2.46. The first kappa shape index (κ1) is 10.8. The maximum atomic E-state index is 4.55. The molecule has 4 heteroatoms. The quantitative estimate of drug-likeness (QED) is 0.687. The van der Waals surface area contributed by atoms with Crippen molar-refractivity contribution in [2.24, 2.45) is 0 Å². The molecule has 0 saturated carbocycles. The Morgan fingerprint density at radius 3 is 2.50 bits per heavy atom. The number of hydrogen-bond donors (Lipinski definition) is 0. The van der Waals surface area contributed by atoms with Gasteiger partial charge in [-0.1, -0.05) is 30.3 Å². The topological polar surface area (TPSA) is 33.4 Å². The van der Waals surface area contributed by atoms with Crippen molar-refractivity contribution in [2.75, 3.05) is 19.0 Å². The number of anilines is 1. The molecule has 0 amide bonds. The summed E-state index contributed by atoms with van der Waals surface area (Å²) in [6.07, 6.45) is 3.98. The van der Waals surface area contributed by atoms with E-state index in [0.717, 1.165) is 22.9 Å². The third-order valence-electron chi connectivity index (χ3n) is 2.84. The van der Waals surface area contributed by atoms with Gasteiger partial charge in [0, 0.05) is 32.1 Å². The molecule has 1 aromatic carbocycles. The van der Waals surface area contributed by atoms with Crippen LogP contribution < -0.4 is 4.90 Å². The zero-order chi connectivity index (χ0) is 12.5. The highest BCUT2D eigenvalue weighted by Gasteiger charge is 2.06. The Hall–Kier alpha value is -2.36. The SMILES string of the molecule is CN(C)c1ccn2cc(-c3ccccc3)nc2n1. The van der Waals surface area contributed by atoms with Crippen molar-refractivity contribution >= 4 is 11.6 Å². The minimum absolute atomic E-state index is 0.722. The number of benzene rings is 1. The van der Waals surface area contributed by atoms with Crippen LogP contribution in [0.1, 0.15) is 0 Å². The van der Waals surface area contributed by atoms with E-state index < -0.39 is 0 Å². The fourth-order valence-electron chi connectivity index (χ4n) is 1.86. The molecular weight excluding hydrogens is 224 g/mol. The monoisotopic (exact) mass is 238 g/mol. The standard InChI is InChI=1S/C14H14N4/c1-17(2)13-8-9-18-10-12(15-14(18)16-13)11-6-4-3-5-7-11/h3-10H,1-2H3. The van der Waals surface area contributed by atoms with Gasteiger partial charge in [0.25, 0.3) is 0 Å². The summed E-state index contributed by atoms with van der Waals surface area (Å²) in [5.41, 5.74) is 2.05. The van der Waals surface area contributed by atoms with Crippen LogP contribution in [0.3, 0.4) is 0 Å². The summed E-state index contributed by atoms with van der Waals surface area (Å²) >= 11 is 0. The van der Waals surface area contributed by atoms with E-state index in [1.807, 2.05) is 60.1 Å². The van der Waals surface area contributed by atoms with E-state index >= 15 is 0 Å². The fourth-order valence-corrected chi connectivity index (χ4v) is 1.86. The lowest BCUT2D eigenvalue weighted by molar-refractivity contribution is 1.03. The van der Waals surface area contributed by atoms with Crippen molar-refractivity contribution in [3.63, 3.8) is 0 Å². The summed E-state index contributed by atoms with van der Waals surface area (Å²) in [4.78, 5) is 11.0. The smallest absolute Gasteiger partial charge is 0.236 e. The van der Waals surface area contributed by atoms with Crippen molar-refractivity contribution in [1.82, 2.24) is 14.4 Å². The van der Waals surface area contributed by atoms with Gasteiger partial charge in [0.2, 0.25) is 5.78 Å². The molecule has 0 unspecified atom stereocenters. The van der Waals surface area contributed by atoms with Gasteiger partial charge in [-0.2, -0.15) is 4.98 Å². The van der Waals surface area contributed by atoms with Crippen molar-refractivity contribution in [3.05, 3.63) is 48.8 Å². The van der Waals surface area contributed by atoms with Crippen LogP contribution in [-0.2, 0) is 0 Å². The maximum absolute atomic E-state index is 4.55. The molecule has 2 heterocycles. The molecule has 0 aliphatic heterocycles. The summed E-state index contributed by atoms with van der Waals surface area (Å²) in [7, 11) is 3.94. The summed E-state index contributed by atoms with van der Waals surface area (Å²) in [5, 5.41) is 0. The highest BCUT2D eigenvalue weighted by molar-refractivity contribution is 5.61. The van der Waals surface area contributed by atoms with E-state index in [1.54, 1.807) is 0 Å². The van der Waals surface area contributed by atoms with Crippen LogP contribution in [-0.4, -0.2) is 28.5 Å². The summed E-state index contributed by atoms with van der Waals surface area (Å²) in [6.45, 7) is 0. The van der Waals surface area contributed by atoms with Crippen LogP contribution in [0, 0.1) is 0 Å². The minimum atomic E-state index is 0.722. The molecule has 3 aromatic rings. The average Bonchev–Trinajstić information content (AvgIpc) is 2.82. The van der Waals surface area contributed by atoms with Crippen molar-refractivity contribution < 1.29 is 0 Å². The minimum Gasteiger partial charge on any atom is -0.363 e. The van der Waals surface area contributed by atoms with E-state index in [0.29, 0.717) is 0 Å². The molecule has 0 bridgehead atoms. The van der Waals surface area contributed by atoms with Gasteiger partial charge >= 0.3 is 0 Å². The Bertz CT molecular complexity index is 671. The van der Waals surface area contributed by atoms with Gasteiger partial charge < -0.3 is 4.90 Å². The molecule has 0 spiro atoms. The van der Waals surface area contributed by atoms with E-state index in [2.05, 4.69) is 22.1 Å². The van der Waals surface area contributed by atoms with Gasteiger partial charge in [-0.3, -0.25) is 4.40 Å². The summed E-state index contributed by atoms with van der Waals surface area (Å²) in [5.74, 6) is 1.63. The molecule has 0 saturated heterocycles. The molecule has 18 heavy (non-hydrogen) atoms. The van der Waals surface area contributed by atoms with Crippen LogP contribution in [0.5, 0.6) is 0 Å². The number of hydrogen-bond acceptors (Lipinski definition) is 3.